The molecule has 1 fully saturated rings. The Balaban J connectivity index is 1.63. The summed E-state index contributed by atoms with van der Waals surface area (Å²) in [6.07, 6.45) is 1.63. The Hall–Kier alpha value is -1.86. The van der Waals surface area contributed by atoms with Crippen LogP contribution in [0.4, 0.5) is 0 Å². The van der Waals surface area contributed by atoms with Gasteiger partial charge in [0.05, 0.1) is 24.6 Å². The molecular formula is C13H16N4O2S. The van der Waals surface area contributed by atoms with Gasteiger partial charge in [-0.25, -0.2) is 9.98 Å². The zero-order valence-corrected chi connectivity index (χ0v) is 11.8. The molecular weight excluding hydrogens is 276 g/mol. The first-order valence-corrected chi connectivity index (χ1v) is 7.32. The second-order valence-electron chi connectivity index (χ2n) is 4.40. The summed E-state index contributed by atoms with van der Waals surface area (Å²) in [5.41, 5.74) is 6.74. The predicted molar refractivity (Wildman–Crippen MR) is 77.5 cm³/mol. The van der Waals surface area contributed by atoms with Gasteiger partial charge in [-0.2, -0.15) is 0 Å². The van der Waals surface area contributed by atoms with Crippen molar-refractivity contribution >= 4 is 17.3 Å². The molecule has 0 aliphatic carbocycles. The molecule has 3 rings (SSSR count). The minimum absolute atomic E-state index is 0.429. The van der Waals surface area contributed by atoms with E-state index in [1.54, 1.807) is 17.6 Å². The van der Waals surface area contributed by atoms with Crippen molar-refractivity contribution in [2.75, 3.05) is 26.3 Å². The Labute approximate surface area is 120 Å². The standard InChI is InChI=1S/C13H16N4O2S/c14-13(17-3-5-18-6-4-17)15-8-10-9-19-12(16-10)11-2-1-7-20-11/h1-2,7,9H,3-6,8H2,(H2,14,15). The molecule has 3 heterocycles. The van der Waals surface area contributed by atoms with E-state index < -0.39 is 0 Å². The van der Waals surface area contributed by atoms with Crippen LogP contribution in [0.2, 0.25) is 0 Å². The van der Waals surface area contributed by atoms with Crippen molar-refractivity contribution in [2.24, 2.45) is 10.7 Å². The number of ether oxygens (including phenoxy) is 1. The Morgan fingerprint density at radius 2 is 2.30 bits per heavy atom. The van der Waals surface area contributed by atoms with E-state index in [0.29, 0.717) is 31.6 Å². The molecule has 2 N–H and O–H groups in total. The van der Waals surface area contributed by atoms with E-state index in [0.717, 1.165) is 23.7 Å². The molecule has 1 aliphatic rings. The van der Waals surface area contributed by atoms with Crippen molar-refractivity contribution in [1.29, 1.82) is 0 Å². The predicted octanol–water partition coefficient (Wildman–Crippen LogP) is 1.55. The molecule has 0 radical (unpaired) electrons. The summed E-state index contributed by atoms with van der Waals surface area (Å²) >= 11 is 1.60. The van der Waals surface area contributed by atoms with Gasteiger partial charge >= 0.3 is 0 Å². The lowest BCUT2D eigenvalue weighted by molar-refractivity contribution is 0.0674. The lowest BCUT2D eigenvalue weighted by Crippen LogP contribution is -2.44. The van der Waals surface area contributed by atoms with Crippen molar-refractivity contribution in [1.82, 2.24) is 9.88 Å². The summed E-state index contributed by atoms with van der Waals surface area (Å²) in [6, 6.07) is 3.95. The molecule has 0 saturated carbocycles. The number of aromatic nitrogens is 1. The van der Waals surface area contributed by atoms with Gasteiger partial charge in [-0.1, -0.05) is 6.07 Å². The lowest BCUT2D eigenvalue weighted by atomic mass is 10.4. The lowest BCUT2D eigenvalue weighted by Gasteiger charge is -2.27. The first kappa shape index (κ1) is 13.1. The molecule has 1 aliphatic heterocycles. The zero-order valence-electron chi connectivity index (χ0n) is 11.0. The van der Waals surface area contributed by atoms with Crippen LogP contribution in [-0.4, -0.2) is 42.1 Å². The highest BCUT2D eigenvalue weighted by Crippen LogP contribution is 2.23. The maximum absolute atomic E-state index is 5.96. The number of morpholine rings is 1. The molecule has 6 nitrogen and oxygen atoms in total. The van der Waals surface area contributed by atoms with Crippen molar-refractivity contribution in [3.8, 4) is 10.8 Å². The van der Waals surface area contributed by atoms with Gasteiger partial charge in [0.2, 0.25) is 5.89 Å². The van der Waals surface area contributed by atoms with E-state index in [-0.39, 0.29) is 0 Å². The van der Waals surface area contributed by atoms with Gasteiger partial charge in [0.15, 0.2) is 5.96 Å². The monoisotopic (exact) mass is 292 g/mol. The molecule has 0 aromatic carbocycles. The third-order valence-corrected chi connectivity index (χ3v) is 3.88. The van der Waals surface area contributed by atoms with Crippen LogP contribution in [0.5, 0.6) is 0 Å². The molecule has 20 heavy (non-hydrogen) atoms. The van der Waals surface area contributed by atoms with Gasteiger partial charge in [-0.3, -0.25) is 0 Å². The number of nitrogens with two attached hydrogens (primary N) is 1. The fourth-order valence-corrected chi connectivity index (χ4v) is 2.60. The Kier molecular flexibility index (Phi) is 3.98. The van der Waals surface area contributed by atoms with Crippen molar-refractivity contribution in [3.05, 3.63) is 29.5 Å². The van der Waals surface area contributed by atoms with Gasteiger partial charge in [-0.15, -0.1) is 11.3 Å². The molecule has 0 amide bonds. The third kappa shape index (κ3) is 3.00. The van der Waals surface area contributed by atoms with Gasteiger partial charge in [-0.05, 0) is 11.4 Å². The van der Waals surface area contributed by atoms with Gasteiger partial charge in [0, 0.05) is 13.1 Å². The van der Waals surface area contributed by atoms with Crippen LogP contribution in [0.15, 0.2) is 33.2 Å². The van der Waals surface area contributed by atoms with Gasteiger partial charge < -0.3 is 19.8 Å². The summed E-state index contributed by atoms with van der Waals surface area (Å²) in [4.78, 5) is 11.8. The largest absolute Gasteiger partial charge is 0.443 e. The number of thiophene rings is 1. The van der Waals surface area contributed by atoms with Crippen molar-refractivity contribution in [2.45, 2.75) is 6.54 Å². The van der Waals surface area contributed by atoms with E-state index in [9.17, 15) is 0 Å². The van der Waals surface area contributed by atoms with Gasteiger partial charge in [0.25, 0.3) is 0 Å². The Morgan fingerprint density at radius 1 is 1.45 bits per heavy atom. The van der Waals surface area contributed by atoms with Crippen molar-refractivity contribution in [3.63, 3.8) is 0 Å². The molecule has 106 valence electrons. The average molecular weight is 292 g/mol. The number of hydrogen-bond donors (Lipinski definition) is 1. The molecule has 0 atom stereocenters. The fraction of sp³-hybridized carbons (Fsp3) is 0.385. The molecule has 0 spiro atoms. The minimum Gasteiger partial charge on any atom is -0.443 e. The summed E-state index contributed by atoms with van der Waals surface area (Å²) in [6.45, 7) is 3.40. The number of rotatable bonds is 3. The van der Waals surface area contributed by atoms with Crippen LogP contribution >= 0.6 is 11.3 Å². The van der Waals surface area contributed by atoms with E-state index >= 15 is 0 Å². The molecule has 1 saturated heterocycles. The highest BCUT2D eigenvalue weighted by Gasteiger charge is 2.12. The Morgan fingerprint density at radius 3 is 3.05 bits per heavy atom. The fourth-order valence-electron chi connectivity index (χ4n) is 1.95. The van der Waals surface area contributed by atoms with E-state index in [4.69, 9.17) is 14.9 Å². The Bertz CT molecular complexity index is 573. The molecule has 0 bridgehead atoms. The zero-order chi connectivity index (χ0) is 13.8. The minimum atomic E-state index is 0.429. The number of guanidine groups is 1. The normalized spacial score (nSPS) is 16.6. The van der Waals surface area contributed by atoms with Gasteiger partial charge in [0.1, 0.15) is 12.0 Å². The second kappa shape index (κ2) is 6.06. The third-order valence-electron chi connectivity index (χ3n) is 3.02. The highest BCUT2D eigenvalue weighted by molar-refractivity contribution is 7.13. The average Bonchev–Trinajstić information content (AvgIpc) is 3.16. The van der Waals surface area contributed by atoms with E-state index in [1.807, 2.05) is 22.4 Å². The number of oxazole rings is 1. The smallest absolute Gasteiger partial charge is 0.236 e. The quantitative estimate of drug-likeness (QED) is 0.686. The van der Waals surface area contributed by atoms with Crippen LogP contribution in [0.3, 0.4) is 0 Å². The van der Waals surface area contributed by atoms with Crippen LogP contribution in [0.1, 0.15) is 5.69 Å². The number of nitrogens with zero attached hydrogens (tertiary/aromatic N) is 3. The SMILES string of the molecule is NC(=NCc1coc(-c2cccs2)n1)N1CCOCC1. The molecule has 2 aromatic rings. The van der Waals surface area contributed by atoms with Crippen LogP contribution < -0.4 is 5.73 Å². The topological polar surface area (TPSA) is 76.9 Å². The van der Waals surface area contributed by atoms with Crippen LogP contribution in [0.25, 0.3) is 10.8 Å². The number of hydrogen-bond acceptors (Lipinski definition) is 5. The summed E-state index contributed by atoms with van der Waals surface area (Å²) in [7, 11) is 0. The highest BCUT2D eigenvalue weighted by atomic mass is 32.1. The van der Waals surface area contributed by atoms with Crippen molar-refractivity contribution < 1.29 is 9.15 Å². The second-order valence-corrected chi connectivity index (χ2v) is 5.34. The summed E-state index contributed by atoms with van der Waals surface area (Å²) in [5, 5.41) is 1.99. The molecule has 2 aromatic heterocycles. The van der Waals surface area contributed by atoms with E-state index in [1.165, 1.54) is 0 Å². The van der Waals surface area contributed by atoms with Crippen LogP contribution in [0, 0.1) is 0 Å². The maximum Gasteiger partial charge on any atom is 0.236 e. The first-order valence-electron chi connectivity index (χ1n) is 6.44. The first-order chi connectivity index (χ1) is 9.83. The molecule has 7 heteroatoms. The summed E-state index contributed by atoms with van der Waals surface area (Å²) < 4.78 is 10.7. The molecule has 0 unspecified atom stereocenters. The van der Waals surface area contributed by atoms with E-state index in [2.05, 4.69) is 9.98 Å². The van der Waals surface area contributed by atoms with Crippen LogP contribution in [-0.2, 0) is 11.3 Å². The maximum atomic E-state index is 5.96. The number of aliphatic imine (C=N–C) groups is 1. The summed E-state index contributed by atoms with van der Waals surface area (Å²) in [5.74, 6) is 1.17.